The highest BCUT2D eigenvalue weighted by Crippen LogP contribution is 2.44. The second-order valence-electron chi connectivity index (χ2n) is 3.90. The van der Waals surface area contributed by atoms with E-state index in [1.54, 1.807) is 0 Å². The average Bonchev–Trinajstić information content (AvgIpc) is 2.38. The van der Waals surface area contributed by atoms with E-state index in [1.165, 1.54) is 24.3 Å². The Bertz CT molecular complexity index is 570. The molecular weight excluding hydrogens is 262 g/mol. The van der Waals surface area contributed by atoms with Gasteiger partial charge in [0.15, 0.2) is 0 Å². The smallest absolute Gasteiger partial charge is 0.371 e. The summed E-state index contributed by atoms with van der Waals surface area (Å²) >= 11 is 0. The van der Waals surface area contributed by atoms with E-state index in [0.29, 0.717) is 0 Å². The van der Waals surface area contributed by atoms with Crippen molar-refractivity contribution in [3.05, 3.63) is 65.7 Å². The van der Waals surface area contributed by atoms with Crippen molar-refractivity contribution < 1.29 is 22.7 Å². The molecule has 100 valence electrons. The van der Waals surface area contributed by atoms with Crippen molar-refractivity contribution in [1.29, 1.82) is 0 Å². The van der Waals surface area contributed by atoms with Crippen molar-refractivity contribution >= 4 is 0 Å². The van der Waals surface area contributed by atoms with E-state index in [2.05, 4.69) is 4.98 Å². The van der Waals surface area contributed by atoms with Crippen LogP contribution in [0.1, 0.15) is 11.3 Å². The quantitative estimate of drug-likeness (QED) is 0.852. The zero-order valence-corrected chi connectivity index (χ0v) is 9.53. The molecule has 0 radical (unpaired) electrons. The molecule has 1 N–H and O–H groups in total. The van der Waals surface area contributed by atoms with Crippen molar-refractivity contribution in [2.24, 2.45) is 0 Å². The Labute approximate surface area is 106 Å². The van der Waals surface area contributed by atoms with Gasteiger partial charge in [-0.3, -0.25) is 4.98 Å². The van der Waals surface area contributed by atoms with E-state index in [-0.39, 0.29) is 0 Å². The molecule has 0 fully saturated rings. The molecule has 0 aliphatic heterocycles. The Morgan fingerprint density at radius 3 is 2.11 bits per heavy atom. The van der Waals surface area contributed by atoms with Gasteiger partial charge in [0, 0.05) is 11.8 Å². The molecule has 1 heterocycles. The van der Waals surface area contributed by atoms with Crippen LogP contribution in [0.5, 0.6) is 0 Å². The van der Waals surface area contributed by atoms with Gasteiger partial charge >= 0.3 is 6.18 Å². The number of alkyl halides is 3. The molecule has 0 bridgehead atoms. The van der Waals surface area contributed by atoms with Crippen molar-refractivity contribution in [3.63, 3.8) is 0 Å². The molecule has 1 unspecified atom stereocenters. The fourth-order valence-electron chi connectivity index (χ4n) is 1.77. The Kier molecular flexibility index (Phi) is 3.28. The number of halogens is 4. The van der Waals surface area contributed by atoms with Crippen LogP contribution in [0.25, 0.3) is 0 Å². The minimum Gasteiger partial charge on any atom is -0.371 e. The third-order valence-corrected chi connectivity index (χ3v) is 2.71. The second-order valence-corrected chi connectivity index (χ2v) is 3.90. The SMILES string of the molecule is OC(c1ccccn1)(c1ccccc1F)C(F)(F)F. The van der Waals surface area contributed by atoms with Gasteiger partial charge in [0.05, 0.1) is 5.69 Å². The Hall–Kier alpha value is -1.95. The van der Waals surface area contributed by atoms with Crippen LogP contribution in [0.3, 0.4) is 0 Å². The molecular formula is C13H9F4NO. The normalized spacial score (nSPS) is 15.0. The first-order valence-corrected chi connectivity index (χ1v) is 5.33. The summed E-state index contributed by atoms with van der Waals surface area (Å²) in [5.74, 6) is -1.15. The standard InChI is InChI=1S/C13H9F4NO/c14-10-6-2-1-5-9(10)12(19,13(15,16)17)11-7-3-4-8-18-11/h1-8,19H. The van der Waals surface area contributed by atoms with E-state index in [9.17, 15) is 22.7 Å². The topological polar surface area (TPSA) is 33.1 Å². The largest absolute Gasteiger partial charge is 0.427 e. The van der Waals surface area contributed by atoms with Gasteiger partial charge in [0.1, 0.15) is 5.82 Å². The summed E-state index contributed by atoms with van der Waals surface area (Å²) in [6, 6.07) is 7.90. The number of aromatic nitrogens is 1. The minimum absolute atomic E-state index is 0.674. The minimum atomic E-state index is -5.09. The lowest BCUT2D eigenvalue weighted by molar-refractivity contribution is -0.250. The van der Waals surface area contributed by atoms with Crippen molar-refractivity contribution in [3.8, 4) is 0 Å². The van der Waals surface area contributed by atoms with Crippen LogP contribution in [-0.4, -0.2) is 16.3 Å². The molecule has 6 heteroatoms. The first kappa shape index (κ1) is 13.5. The lowest BCUT2D eigenvalue weighted by Crippen LogP contribution is -2.44. The summed E-state index contributed by atoms with van der Waals surface area (Å²) in [5, 5.41) is 10.0. The van der Waals surface area contributed by atoms with E-state index < -0.39 is 28.9 Å². The Morgan fingerprint density at radius 2 is 1.58 bits per heavy atom. The molecule has 1 aromatic heterocycles. The van der Waals surface area contributed by atoms with Gasteiger partial charge in [-0.15, -0.1) is 0 Å². The number of rotatable bonds is 2. The van der Waals surface area contributed by atoms with Crippen LogP contribution >= 0.6 is 0 Å². The maximum Gasteiger partial charge on any atom is 0.427 e. The first-order valence-electron chi connectivity index (χ1n) is 5.33. The Morgan fingerprint density at radius 1 is 0.947 bits per heavy atom. The highest BCUT2D eigenvalue weighted by atomic mass is 19.4. The number of hydrogen-bond donors (Lipinski definition) is 1. The second kappa shape index (κ2) is 4.62. The maximum atomic E-state index is 13.6. The van der Waals surface area contributed by atoms with Crippen LogP contribution < -0.4 is 0 Å². The van der Waals surface area contributed by atoms with Gasteiger partial charge < -0.3 is 5.11 Å². The highest BCUT2D eigenvalue weighted by molar-refractivity contribution is 5.35. The zero-order chi connectivity index (χ0) is 14.1. The van der Waals surface area contributed by atoms with Crippen LogP contribution in [0.2, 0.25) is 0 Å². The van der Waals surface area contributed by atoms with E-state index in [1.807, 2.05) is 0 Å². The van der Waals surface area contributed by atoms with Crippen molar-refractivity contribution in [2.75, 3.05) is 0 Å². The Balaban J connectivity index is 2.71. The maximum absolute atomic E-state index is 13.6. The molecule has 2 aromatic rings. The van der Waals surface area contributed by atoms with Crippen LogP contribution in [0, 0.1) is 5.82 Å². The molecule has 0 amide bonds. The van der Waals surface area contributed by atoms with Crippen LogP contribution in [0.15, 0.2) is 48.7 Å². The average molecular weight is 271 g/mol. The summed E-state index contributed by atoms with van der Waals surface area (Å²) < 4.78 is 53.2. The van der Waals surface area contributed by atoms with E-state index in [0.717, 1.165) is 24.4 Å². The number of aliphatic hydroxyl groups is 1. The van der Waals surface area contributed by atoms with Crippen LogP contribution in [-0.2, 0) is 5.60 Å². The van der Waals surface area contributed by atoms with E-state index in [4.69, 9.17) is 0 Å². The summed E-state index contributed by atoms with van der Waals surface area (Å²) in [6.07, 6.45) is -3.99. The molecule has 1 atom stereocenters. The predicted molar refractivity (Wildman–Crippen MR) is 59.7 cm³/mol. The van der Waals surface area contributed by atoms with Gasteiger partial charge in [-0.25, -0.2) is 4.39 Å². The molecule has 0 aliphatic rings. The van der Waals surface area contributed by atoms with Crippen molar-refractivity contribution in [1.82, 2.24) is 4.98 Å². The van der Waals surface area contributed by atoms with Crippen molar-refractivity contribution in [2.45, 2.75) is 11.8 Å². The summed E-state index contributed by atoms with van der Waals surface area (Å²) in [7, 11) is 0. The molecule has 2 nitrogen and oxygen atoms in total. The summed E-state index contributed by atoms with van der Waals surface area (Å²) in [4.78, 5) is 3.50. The van der Waals surface area contributed by atoms with Gasteiger partial charge in [-0.1, -0.05) is 24.3 Å². The summed E-state index contributed by atoms with van der Waals surface area (Å²) in [6.45, 7) is 0. The van der Waals surface area contributed by atoms with Gasteiger partial charge in [0.25, 0.3) is 0 Å². The molecule has 1 aromatic carbocycles. The molecule has 19 heavy (non-hydrogen) atoms. The fraction of sp³-hybridized carbons (Fsp3) is 0.154. The van der Waals surface area contributed by atoms with E-state index >= 15 is 0 Å². The third kappa shape index (κ3) is 2.19. The first-order chi connectivity index (χ1) is 8.87. The number of pyridine rings is 1. The van der Waals surface area contributed by atoms with Gasteiger partial charge in [0.2, 0.25) is 5.60 Å². The predicted octanol–water partition coefficient (Wildman–Crippen LogP) is 3.02. The lowest BCUT2D eigenvalue weighted by Gasteiger charge is -2.30. The molecule has 0 spiro atoms. The monoisotopic (exact) mass is 271 g/mol. The lowest BCUT2D eigenvalue weighted by atomic mass is 9.88. The van der Waals surface area contributed by atoms with Gasteiger partial charge in [-0.05, 0) is 18.2 Å². The number of nitrogens with zero attached hydrogens (tertiary/aromatic N) is 1. The highest BCUT2D eigenvalue weighted by Gasteiger charge is 2.58. The fourth-order valence-corrected chi connectivity index (χ4v) is 1.77. The number of hydrogen-bond acceptors (Lipinski definition) is 2. The van der Waals surface area contributed by atoms with Gasteiger partial charge in [-0.2, -0.15) is 13.2 Å². The van der Waals surface area contributed by atoms with Crippen LogP contribution in [0.4, 0.5) is 17.6 Å². The molecule has 0 saturated carbocycles. The summed E-state index contributed by atoms with van der Waals surface area (Å²) in [5.41, 5.74) is -5.02. The number of benzene rings is 1. The third-order valence-electron chi connectivity index (χ3n) is 2.71. The molecule has 0 saturated heterocycles. The molecule has 0 aliphatic carbocycles. The zero-order valence-electron chi connectivity index (χ0n) is 9.53. The molecule has 2 rings (SSSR count).